The Hall–Kier alpha value is -4.75. The number of carbonyl (C=O) groups excluding carboxylic acids is 1. The van der Waals surface area contributed by atoms with E-state index in [2.05, 4.69) is 15.4 Å². The third-order valence-electron chi connectivity index (χ3n) is 6.12. The van der Waals surface area contributed by atoms with Gasteiger partial charge in [0.15, 0.2) is 27.3 Å². The molecule has 3 aromatic carbocycles. The van der Waals surface area contributed by atoms with E-state index in [0.29, 0.717) is 55.1 Å². The number of carbonyl (C=O) groups is 1. The van der Waals surface area contributed by atoms with Gasteiger partial charge in [0, 0.05) is 23.0 Å². The van der Waals surface area contributed by atoms with Gasteiger partial charge in [0.2, 0.25) is 11.5 Å². The van der Waals surface area contributed by atoms with Crippen LogP contribution in [0.1, 0.15) is 11.1 Å². The molecule has 0 fully saturated rings. The first-order valence-electron chi connectivity index (χ1n) is 13.0. The summed E-state index contributed by atoms with van der Waals surface area (Å²) in [5, 5.41) is 13.6. The molecule has 0 aliphatic rings. The van der Waals surface area contributed by atoms with E-state index < -0.39 is 5.97 Å². The van der Waals surface area contributed by atoms with Crippen LogP contribution in [0.15, 0.2) is 70.2 Å². The monoisotopic (exact) mass is 637 g/mol. The summed E-state index contributed by atoms with van der Waals surface area (Å²) in [4.78, 5) is 17.9. The van der Waals surface area contributed by atoms with Gasteiger partial charge in [0.1, 0.15) is 10.7 Å². The summed E-state index contributed by atoms with van der Waals surface area (Å²) in [6.07, 6.45) is 2.96. The van der Waals surface area contributed by atoms with Gasteiger partial charge in [0.25, 0.3) is 0 Å². The molecule has 0 bridgehead atoms. The second kappa shape index (κ2) is 15.6. The van der Waals surface area contributed by atoms with Crippen LogP contribution in [0.4, 0.5) is 0 Å². The van der Waals surface area contributed by atoms with Crippen molar-refractivity contribution in [3.8, 4) is 45.1 Å². The van der Waals surface area contributed by atoms with E-state index in [9.17, 15) is 4.79 Å². The summed E-state index contributed by atoms with van der Waals surface area (Å²) in [5.74, 6) is 2.33. The molecule has 0 radical (unpaired) electrons. The smallest absolute Gasteiger partial charge is 0.358 e. The van der Waals surface area contributed by atoms with Crippen LogP contribution in [0.3, 0.4) is 0 Å². The minimum Gasteiger partial charge on any atom is -0.493 e. The first-order valence-corrected chi connectivity index (χ1v) is 14.8. The topological polar surface area (TPSA) is 120 Å². The van der Waals surface area contributed by atoms with E-state index in [-0.39, 0.29) is 5.75 Å². The van der Waals surface area contributed by atoms with Crippen LogP contribution in [0.5, 0.6) is 34.5 Å². The quantitative estimate of drug-likeness (QED) is 0.0532. The Morgan fingerprint density at radius 2 is 1.45 bits per heavy atom. The number of thioether (sulfide) groups is 1. The van der Waals surface area contributed by atoms with Crippen molar-refractivity contribution in [1.82, 2.24) is 10.2 Å². The summed E-state index contributed by atoms with van der Waals surface area (Å²) < 4.78 is 33.7. The molecule has 0 amide bonds. The minimum atomic E-state index is -0.642. The van der Waals surface area contributed by atoms with Gasteiger partial charge in [-0.3, -0.25) is 0 Å². The number of ether oxygens (including phenoxy) is 6. The molecular formula is C31H31N3O8S2. The number of hydrogen-bond acceptors (Lipinski definition) is 13. The third-order valence-corrected chi connectivity index (χ3v) is 8.24. The lowest BCUT2D eigenvalue weighted by atomic mass is 10.1. The lowest BCUT2D eigenvalue weighted by Gasteiger charge is -2.16. The van der Waals surface area contributed by atoms with Gasteiger partial charge in [-0.25, -0.2) is 4.79 Å². The van der Waals surface area contributed by atoms with Crippen molar-refractivity contribution >= 4 is 40.9 Å². The molecule has 0 aliphatic carbocycles. The highest BCUT2D eigenvalue weighted by atomic mass is 32.2. The number of nitrogens with zero attached hydrogens (tertiary/aromatic N) is 3. The number of methoxy groups -OCH3 is 6. The predicted molar refractivity (Wildman–Crippen MR) is 170 cm³/mol. The molecule has 0 spiro atoms. The standard InChI is InChI=1S/C31H31N3O8S2/c1-36-23-14-13-21(27(39-4)29(23)41-6)22(34-42-26(35)15-12-19-10-8-7-9-11-19)18-43-31-33-32-30(44-31)20-16-24(37-2)28(40-5)25(17-20)38-3/h7-17H,18H2,1-6H3/b15-12+,34-22+. The van der Waals surface area contributed by atoms with Crippen LogP contribution in [0, 0.1) is 0 Å². The zero-order chi connectivity index (χ0) is 31.5. The molecular weight excluding hydrogens is 606 g/mol. The fourth-order valence-corrected chi connectivity index (χ4v) is 5.84. The summed E-state index contributed by atoms with van der Waals surface area (Å²) in [6, 6.07) is 16.5. The van der Waals surface area contributed by atoms with Crippen LogP contribution in [-0.2, 0) is 9.63 Å². The average Bonchev–Trinajstić information content (AvgIpc) is 3.55. The zero-order valence-electron chi connectivity index (χ0n) is 25.0. The van der Waals surface area contributed by atoms with Crippen LogP contribution in [0.2, 0.25) is 0 Å². The van der Waals surface area contributed by atoms with Crippen molar-refractivity contribution in [2.75, 3.05) is 48.4 Å². The molecule has 0 unspecified atom stereocenters. The second-order valence-corrected chi connectivity index (χ2v) is 10.9. The van der Waals surface area contributed by atoms with Gasteiger partial charge >= 0.3 is 5.97 Å². The Morgan fingerprint density at radius 3 is 2.07 bits per heavy atom. The molecule has 0 atom stereocenters. The Kier molecular flexibility index (Phi) is 11.4. The van der Waals surface area contributed by atoms with Gasteiger partial charge in [-0.2, -0.15) is 0 Å². The van der Waals surface area contributed by atoms with Crippen molar-refractivity contribution < 1.29 is 38.1 Å². The number of benzene rings is 3. The SMILES string of the molecule is COc1cc(-c2nnc(SC/C(=N\OC(=O)/C=C/c3ccccc3)c3ccc(OC)c(OC)c3OC)s2)cc(OC)c1OC. The predicted octanol–water partition coefficient (Wildman–Crippen LogP) is 6.01. The highest BCUT2D eigenvalue weighted by Gasteiger charge is 2.22. The molecule has 0 aliphatic heterocycles. The van der Waals surface area contributed by atoms with E-state index in [1.54, 1.807) is 51.7 Å². The highest BCUT2D eigenvalue weighted by Crippen LogP contribution is 2.43. The maximum Gasteiger partial charge on any atom is 0.358 e. The number of oxime groups is 1. The first kappa shape index (κ1) is 32.2. The zero-order valence-corrected chi connectivity index (χ0v) is 26.6. The lowest BCUT2D eigenvalue weighted by Crippen LogP contribution is -2.10. The van der Waals surface area contributed by atoms with Crippen LogP contribution < -0.4 is 28.4 Å². The second-order valence-electron chi connectivity index (χ2n) is 8.65. The van der Waals surface area contributed by atoms with Crippen molar-refractivity contribution in [2.24, 2.45) is 5.16 Å². The van der Waals surface area contributed by atoms with E-state index in [4.69, 9.17) is 33.3 Å². The lowest BCUT2D eigenvalue weighted by molar-refractivity contribution is -0.137. The van der Waals surface area contributed by atoms with Crippen molar-refractivity contribution in [2.45, 2.75) is 4.34 Å². The highest BCUT2D eigenvalue weighted by molar-refractivity contribution is 8.01. The van der Waals surface area contributed by atoms with Crippen LogP contribution >= 0.6 is 23.1 Å². The average molecular weight is 638 g/mol. The Balaban J connectivity index is 1.62. The summed E-state index contributed by atoms with van der Waals surface area (Å²) in [7, 11) is 9.20. The van der Waals surface area contributed by atoms with E-state index in [1.165, 1.54) is 50.5 Å². The molecule has 230 valence electrons. The maximum atomic E-state index is 12.6. The Morgan fingerprint density at radius 1 is 0.795 bits per heavy atom. The van der Waals surface area contributed by atoms with Crippen molar-refractivity contribution in [1.29, 1.82) is 0 Å². The largest absolute Gasteiger partial charge is 0.493 e. The summed E-state index contributed by atoms with van der Waals surface area (Å²) in [6.45, 7) is 0. The van der Waals surface area contributed by atoms with E-state index in [0.717, 1.165) is 11.1 Å². The van der Waals surface area contributed by atoms with Crippen molar-refractivity contribution in [3.63, 3.8) is 0 Å². The van der Waals surface area contributed by atoms with Gasteiger partial charge < -0.3 is 33.3 Å². The third kappa shape index (κ3) is 7.60. The van der Waals surface area contributed by atoms with E-state index in [1.807, 2.05) is 30.3 Å². The molecule has 4 rings (SSSR count). The summed E-state index contributed by atoms with van der Waals surface area (Å²) in [5.41, 5.74) is 2.55. The van der Waals surface area contributed by atoms with Gasteiger partial charge in [-0.15, -0.1) is 10.2 Å². The molecule has 0 N–H and O–H groups in total. The number of aromatic nitrogens is 2. The van der Waals surface area contributed by atoms with E-state index >= 15 is 0 Å². The molecule has 4 aromatic rings. The molecule has 1 heterocycles. The molecule has 0 saturated heterocycles. The van der Waals surface area contributed by atoms with Crippen molar-refractivity contribution in [3.05, 3.63) is 71.8 Å². The number of rotatable bonds is 14. The molecule has 1 aromatic heterocycles. The fourth-order valence-electron chi connectivity index (χ4n) is 4.06. The molecule has 0 saturated carbocycles. The maximum absolute atomic E-state index is 12.6. The molecule has 13 heteroatoms. The molecule has 44 heavy (non-hydrogen) atoms. The minimum absolute atomic E-state index is 0.255. The fraction of sp³-hybridized carbons (Fsp3) is 0.226. The number of hydrogen-bond donors (Lipinski definition) is 0. The normalized spacial score (nSPS) is 11.3. The molecule has 11 nitrogen and oxygen atoms in total. The van der Waals surface area contributed by atoms with Gasteiger partial charge in [0.05, 0.1) is 42.7 Å². The Bertz CT molecular complexity index is 1620. The summed E-state index contributed by atoms with van der Waals surface area (Å²) >= 11 is 2.73. The first-order chi connectivity index (χ1) is 21.5. The van der Waals surface area contributed by atoms with Crippen LogP contribution in [-0.4, -0.2) is 70.3 Å². The van der Waals surface area contributed by atoms with Gasteiger partial charge in [-0.1, -0.05) is 58.6 Å². The van der Waals surface area contributed by atoms with Gasteiger partial charge in [-0.05, 0) is 35.9 Å². The van der Waals surface area contributed by atoms with Crippen LogP contribution in [0.25, 0.3) is 16.6 Å². The Labute approximate surface area is 263 Å².